The van der Waals surface area contributed by atoms with Crippen LogP contribution in [0.3, 0.4) is 0 Å². The molecule has 0 aliphatic rings. The van der Waals surface area contributed by atoms with Gasteiger partial charge in [0.25, 0.3) is 0 Å². The van der Waals surface area contributed by atoms with Gasteiger partial charge in [0.2, 0.25) is 5.91 Å². The number of aliphatic hydroxyl groups excluding tert-OH is 1. The lowest BCUT2D eigenvalue weighted by Crippen LogP contribution is -2.19. The number of amides is 1. The average Bonchev–Trinajstić information content (AvgIpc) is 2.43. The summed E-state index contributed by atoms with van der Waals surface area (Å²) >= 11 is 0. The maximum Gasteiger partial charge on any atom is 0.250 e. The number of aliphatic hydroxyl groups is 1. The van der Waals surface area contributed by atoms with E-state index in [4.69, 9.17) is 14.6 Å². The largest absolute Gasteiger partial charge is 0.395 e. The van der Waals surface area contributed by atoms with E-state index in [-0.39, 0.29) is 19.1 Å². The van der Waals surface area contributed by atoms with E-state index in [1.807, 2.05) is 19.1 Å². The second kappa shape index (κ2) is 9.94. The molecule has 1 aromatic carbocycles. The van der Waals surface area contributed by atoms with Gasteiger partial charge in [-0.25, -0.2) is 0 Å². The Hall–Kier alpha value is -1.87. The summed E-state index contributed by atoms with van der Waals surface area (Å²) in [5.41, 5.74) is 2.49. The van der Waals surface area contributed by atoms with Gasteiger partial charge >= 0.3 is 0 Å². The van der Waals surface area contributed by atoms with Crippen LogP contribution in [0, 0.1) is 18.8 Å². The van der Waals surface area contributed by atoms with E-state index in [1.165, 1.54) is 0 Å². The average molecular weight is 291 g/mol. The van der Waals surface area contributed by atoms with E-state index in [0.29, 0.717) is 25.3 Å². The van der Waals surface area contributed by atoms with Crippen LogP contribution in [-0.4, -0.2) is 44.6 Å². The predicted molar refractivity (Wildman–Crippen MR) is 81.1 cm³/mol. The summed E-state index contributed by atoms with van der Waals surface area (Å²) in [6, 6.07) is 5.59. The number of carbonyl (C=O) groups excluding carboxylic acids is 1. The molecule has 0 spiro atoms. The van der Waals surface area contributed by atoms with Crippen LogP contribution >= 0.6 is 0 Å². The molecule has 0 aliphatic heterocycles. The molecule has 1 aromatic rings. The van der Waals surface area contributed by atoms with Crippen LogP contribution < -0.4 is 5.32 Å². The highest BCUT2D eigenvalue weighted by molar-refractivity contribution is 5.92. The zero-order chi connectivity index (χ0) is 15.5. The molecular weight excluding hydrogens is 270 g/mol. The van der Waals surface area contributed by atoms with Gasteiger partial charge in [0, 0.05) is 24.8 Å². The van der Waals surface area contributed by atoms with E-state index < -0.39 is 0 Å². The Balaban J connectivity index is 2.58. The summed E-state index contributed by atoms with van der Waals surface area (Å²) in [4.78, 5) is 11.7. The van der Waals surface area contributed by atoms with Gasteiger partial charge in [-0.3, -0.25) is 4.79 Å². The van der Waals surface area contributed by atoms with Gasteiger partial charge in [-0.2, -0.15) is 0 Å². The third-order valence-electron chi connectivity index (χ3n) is 2.50. The Kier molecular flexibility index (Phi) is 8.14. The van der Waals surface area contributed by atoms with Gasteiger partial charge in [-0.15, -0.1) is 0 Å². The second-order valence-electron chi connectivity index (χ2n) is 4.46. The van der Waals surface area contributed by atoms with Crippen LogP contribution in [0.4, 0.5) is 5.69 Å². The molecule has 5 heteroatoms. The van der Waals surface area contributed by atoms with E-state index >= 15 is 0 Å². The molecule has 0 heterocycles. The predicted octanol–water partition coefficient (Wildman–Crippen LogP) is 1.33. The number of methoxy groups -OCH3 is 1. The van der Waals surface area contributed by atoms with Crippen LogP contribution in [0.1, 0.15) is 17.5 Å². The molecular formula is C16H21NO4. The Bertz CT molecular complexity index is 517. The molecule has 0 saturated heterocycles. The molecule has 0 atom stereocenters. The second-order valence-corrected chi connectivity index (χ2v) is 4.46. The molecule has 5 nitrogen and oxygen atoms in total. The molecule has 0 fully saturated rings. The van der Waals surface area contributed by atoms with Gasteiger partial charge in [0.15, 0.2) is 0 Å². The normalized spacial score (nSPS) is 9.86. The van der Waals surface area contributed by atoms with Crippen LogP contribution in [-0.2, 0) is 14.3 Å². The molecule has 114 valence electrons. The lowest BCUT2D eigenvalue weighted by Gasteiger charge is -2.07. The molecule has 1 amide bonds. The highest BCUT2D eigenvalue weighted by Crippen LogP contribution is 2.13. The maximum absolute atomic E-state index is 11.7. The van der Waals surface area contributed by atoms with Gasteiger partial charge in [-0.1, -0.05) is 11.8 Å². The minimum absolute atomic E-state index is 0.0111. The van der Waals surface area contributed by atoms with E-state index in [0.717, 1.165) is 11.1 Å². The molecule has 0 bridgehead atoms. The highest BCUT2D eigenvalue weighted by atomic mass is 16.5. The highest BCUT2D eigenvalue weighted by Gasteiger charge is 2.04. The number of carbonyl (C=O) groups is 1. The quantitative estimate of drug-likeness (QED) is 0.587. The van der Waals surface area contributed by atoms with Crippen molar-refractivity contribution in [3.63, 3.8) is 0 Å². The summed E-state index contributed by atoms with van der Waals surface area (Å²) in [5.74, 6) is 5.59. The SMILES string of the molecule is COCCOCC(=O)Nc1cc(C)cc(C#CCCO)c1. The lowest BCUT2D eigenvalue weighted by molar-refractivity contribution is -0.121. The zero-order valence-electron chi connectivity index (χ0n) is 12.4. The number of aryl methyl sites for hydroxylation is 1. The van der Waals surface area contributed by atoms with Crippen LogP contribution in [0.15, 0.2) is 18.2 Å². The summed E-state index contributed by atoms with van der Waals surface area (Å²) in [6.45, 7) is 2.81. The van der Waals surface area contributed by atoms with Crippen molar-refractivity contribution in [2.24, 2.45) is 0 Å². The molecule has 0 aromatic heterocycles. The molecule has 0 aliphatic carbocycles. The monoisotopic (exact) mass is 291 g/mol. The van der Waals surface area contributed by atoms with E-state index in [9.17, 15) is 4.79 Å². The third kappa shape index (κ3) is 7.47. The van der Waals surface area contributed by atoms with E-state index in [2.05, 4.69) is 17.2 Å². The zero-order valence-corrected chi connectivity index (χ0v) is 12.4. The number of benzene rings is 1. The number of hydrogen-bond acceptors (Lipinski definition) is 4. The molecule has 0 radical (unpaired) electrons. The summed E-state index contributed by atoms with van der Waals surface area (Å²) < 4.78 is 9.99. The number of rotatable bonds is 7. The van der Waals surface area contributed by atoms with Crippen molar-refractivity contribution in [1.82, 2.24) is 0 Å². The standard InChI is InChI=1S/C16H21NO4/c1-13-9-14(5-3-4-6-18)11-15(10-13)17-16(19)12-21-8-7-20-2/h9-11,18H,4,6-8,12H2,1-2H3,(H,17,19). The number of anilines is 1. The van der Waals surface area contributed by atoms with Crippen molar-refractivity contribution in [3.8, 4) is 11.8 Å². The first-order valence-electron chi connectivity index (χ1n) is 6.73. The maximum atomic E-state index is 11.7. The summed E-state index contributed by atoms with van der Waals surface area (Å²) in [6.07, 6.45) is 0.434. The van der Waals surface area contributed by atoms with Crippen molar-refractivity contribution in [2.75, 3.05) is 38.9 Å². The molecule has 0 unspecified atom stereocenters. The van der Waals surface area contributed by atoms with Crippen molar-refractivity contribution < 1.29 is 19.4 Å². The van der Waals surface area contributed by atoms with Crippen molar-refractivity contribution >= 4 is 11.6 Å². The molecule has 1 rings (SSSR count). The van der Waals surface area contributed by atoms with Gasteiger partial charge < -0.3 is 19.9 Å². The summed E-state index contributed by atoms with van der Waals surface area (Å²) in [5, 5.41) is 11.5. The minimum Gasteiger partial charge on any atom is -0.395 e. The Morgan fingerprint density at radius 2 is 2.14 bits per heavy atom. The number of hydrogen-bond donors (Lipinski definition) is 2. The first-order chi connectivity index (χ1) is 10.2. The van der Waals surface area contributed by atoms with E-state index in [1.54, 1.807) is 13.2 Å². The first kappa shape index (κ1) is 17.2. The first-order valence-corrected chi connectivity index (χ1v) is 6.73. The molecule has 21 heavy (non-hydrogen) atoms. The van der Waals surface area contributed by atoms with Crippen LogP contribution in [0.2, 0.25) is 0 Å². The van der Waals surface area contributed by atoms with Crippen LogP contribution in [0.25, 0.3) is 0 Å². The Morgan fingerprint density at radius 1 is 1.33 bits per heavy atom. The minimum atomic E-state index is -0.217. The van der Waals surface area contributed by atoms with Crippen molar-refractivity contribution in [2.45, 2.75) is 13.3 Å². The fraction of sp³-hybridized carbons (Fsp3) is 0.438. The Morgan fingerprint density at radius 3 is 2.86 bits per heavy atom. The number of nitrogens with one attached hydrogen (secondary N) is 1. The topological polar surface area (TPSA) is 67.8 Å². The summed E-state index contributed by atoms with van der Waals surface area (Å²) in [7, 11) is 1.58. The van der Waals surface area contributed by atoms with Crippen molar-refractivity contribution in [3.05, 3.63) is 29.3 Å². The molecule has 2 N–H and O–H groups in total. The number of ether oxygens (including phenoxy) is 2. The Labute approximate surface area is 125 Å². The fourth-order valence-electron chi connectivity index (χ4n) is 1.65. The van der Waals surface area contributed by atoms with Crippen LogP contribution in [0.5, 0.6) is 0 Å². The van der Waals surface area contributed by atoms with Gasteiger partial charge in [-0.05, 0) is 30.7 Å². The smallest absolute Gasteiger partial charge is 0.250 e. The van der Waals surface area contributed by atoms with Gasteiger partial charge in [0.05, 0.1) is 19.8 Å². The molecule has 0 saturated carbocycles. The third-order valence-corrected chi connectivity index (χ3v) is 2.50. The fourth-order valence-corrected chi connectivity index (χ4v) is 1.65. The van der Waals surface area contributed by atoms with Crippen molar-refractivity contribution in [1.29, 1.82) is 0 Å². The lowest BCUT2D eigenvalue weighted by atomic mass is 10.1. The van der Waals surface area contributed by atoms with Gasteiger partial charge in [0.1, 0.15) is 6.61 Å².